The van der Waals surface area contributed by atoms with Crippen LogP contribution < -0.4 is 10.6 Å². The highest BCUT2D eigenvalue weighted by atomic mass is 19.1. The molecule has 0 unspecified atom stereocenters. The van der Waals surface area contributed by atoms with Crippen molar-refractivity contribution in [2.45, 2.75) is 18.6 Å². The third-order valence-corrected chi connectivity index (χ3v) is 3.36. The van der Waals surface area contributed by atoms with Gasteiger partial charge >= 0.3 is 0 Å². The summed E-state index contributed by atoms with van der Waals surface area (Å²) in [5, 5.41) is 8.67. The fourth-order valence-corrected chi connectivity index (χ4v) is 2.39. The normalized spacial score (nSPS) is 21.8. The van der Waals surface area contributed by atoms with Gasteiger partial charge in [-0.05, 0) is 12.1 Å². The van der Waals surface area contributed by atoms with E-state index >= 15 is 0 Å². The van der Waals surface area contributed by atoms with Crippen molar-refractivity contribution < 1.29 is 18.3 Å². The molecule has 0 aromatic heterocycles. The van der Waals surface area contributed by atoms with Crippen LogP contribution in [0.25, 0.3) is 0 Å². The molecule has 1 aromatic carbocycles. The predicted octanol–water partition coefficient (Wildman–Crippen LogP) is 0.915. The first-order chi connectivity index (χ1) is 9.47. The number of anilines is 1. The van der Waals surface area contributed by atoms with Crippen LogP contribution in [0.3, 0.4) is 0 Å². The Bertz CT molecular complexity index is 562. The average molecular weight is 281 g/mol. The summed E-state index contributed by atoms with van der Waals surface area (Å²) in [6.07, 6.45) is -0.0630. The number of nitrogens with zero attached hydrogens (tertiary/aromatic N) is 2. The smallest absolute Gasteiger partial charge is 0.240 e. The summed E-state index contributed by atoms with van der Waals surface area (Å²) in [5.41, 5.74) is 4.79. The molecule has 1 saturated heterocycles. The molecule has 0 spiro atoms. The van der Waals surface area contributed by atoms with E-state index in [1.54, 1.807) is 6.07 Å². The molecule has 2 atom stereocenters. The molecule has 1 aromatic rings. The maximum absolute atomic E-state index is 14.0. The molecule has 0 saturated carbocycles. The molecule has 1 heterocycles. The monoisotopic (exact) mass is 281 g/mol. The van der Waals surface area contributed by atoms with E-state index in [9.17, 15) is 13.6 Å². The molecule has 7 heteroatoms. The van der Waals surface area contributed by atoms with Crippen LogP contribution >= 0.6 is 0 Å². The van der Waals surface area contributed by atoms with Gasteiger partial charge in [-0.25, -0.2) is 8.78 Å². The molecule has 20 heavy (non-hydrogen) atoms. The lowest BCUT2D eigenvalue weighted by molar-refractivity contribution is -0.119. The quantitative estimate of drug-likeness (QED) is 0.893. The number of hydrogen-bond donors (Lipinski definition) is 1. The van der Waals surface area contributed by atoms with Gasteiger partial charge in [-0.1, -0.05) is 0 Å². The number of carbonyl (C=O) groups is 1. The number of benzene rings is 1. The zero-order valence-corrected chi connectivity index (χ0v) is 10.8. The number of nitriles is 1. The Labute approximate surface area is 114 Å². The van der Waals surface area contributed by atoms with E-state index in [0.717, 1.165) is 12.1 Å². The van der Waals surface area contributed by atoms with E-state index in [1.807, 2.05) is 0 Å². The maximum Gasteiger partial charge on any atom is 0.240 e. The van der Waals surface area contributed by atoms with Gasteiger partial charge in [-0.2, -0.15) is 5.26 Å². The van der Waals surface area contributed by atoms with E-state index < -0.39 is 23.6 Å². The predicted molar refractivity (Wildman–Crippen MR) is 66.8 cm³/mol. The van der Waals surface area contributed by atoms with Crippen molar-refractivity contribution in [2.75, 3.05) is 18.6 Å². The summed E-state index contributed by atoms with van der Waals surface area (Å²) >= 11 is 0. The molecule has 1 fully saturated rings. The van der Waals surface area contributed by atoms with Crippen molar-refractivity contribution in [2.24, 2.45) is 5.73 Å². The number of primary amides is 1. The Morgan fingerprint density at radius 1 is 1.50 bits per heavy atom. The van der Waals surface area contributed by atoms with Crippen LogP contribution in [-0.4, -0.2) is 31.7 Å². The number of amides is 1. The Balaban J connectivity index is 2.44. The molecule has 1 aliphatic heterocycles. The van der Waals surface area contributed by atoms with Gasteiger partial charge in [0.2, 0.25) is 5.91 Å². The SMILES string of the molecule is CO[C@H]1C[C@@H](C(N)=O)N(c2c(F)cc(C#N)cc2F)C1. The summed E-state index contributed by atoms with van der Waals surface area (Å²) in [5.74, 6) is -2.47. The average Bonchev–Trinajstić information content (AvgIpc) is 2.82. The Morgan fingerprint density at radius 3 is 2.55 bits per heavy atom. The fraction of sp³-hybridized carbons (Fsp3) is 0.385. The summed E-state index contributed by atoms with van der Waals surface area (Å²) < 4.78 is 33.1. The van der Waals surface area contributed by atoms with Gasteiger partial charge in [0, 0.05) is 20.1 Å². The van der Waals surface area contributed by atoms with Crippen LogP contribution in [0.5, 0.6) is 0 Å². The van der Waals surface area contributed by atoms with E-state index in [-0.39, 0.29) is 30.3 Å². The number of ether oxygens (including phenoxy) is 1. The van der Waals surface area contributed by atoms with Crippen LogP contribution in [0, 0.1) is 23.0 Å². The zero-order valence-electron chi connectivity index (χ0n) is 10.8. The number of methoxy groups -OCH3 is 1. The van der Waals surface area contributed by atoms with Crippen LogP contribution in [-0.2, 0) is 9.53 Å². The van der Waals surface area contributed by atoms with Crippen LogP contribution in [0.2, 0.25) is 0 Å². The summed E-state index contributed by atoms with van der Waals surface area (Å²) in [6, 6.07) is 2.68. The minimum Gasteiger partial charge on any atom is -0.380 e. The molecule has 0 bridgehead atoms. The lowest BCUT2D eigenvalue weighted by Crippen LogP contribution is -2.41. The molecule has 5 nitrogen and oxygen atoms in total. The third kappa shape index (κ3) is 2.42. The fourth-order valence-electron chi connectivity index (χ4n) is 2.39. The minimum absolute atomic E-state index is 0.123. The van der Waals surface area contributed by atoms with Gasteiger partial charge < -0.3 is 15.4 Å². The second-order valence-electron chi connectivity index (χ2n) is 4.56. The van der Waals surface area contributed by atoms with Gasteiger partial charge in [-0.15, -0.1) is 0 Å². The first-order valence-corrected chi connectivity index (χ1v) is 5.95. The summed E-state index contributed by atoms with van der Waals surface area (Å²) in [6.45, 7) is 0.157. The number of rotatable bonds is 3. The van der Waals surface area contributed by atoms with Crippen molar-refractivity contribution in [3.63, 3.8) is 0 Å². The largest absolute Gasteiger partial charge is 0.380 e. The van der Waals surface area contributed by atoms with E-state index in [4.69, 9.17) is 15.7 Å². The minimum atomic E-state index is -0.899. The third-order valence-electron chi connectivity index (χ3n) is 3.36. The van der Waals surface area contributed by atoms with E-state index in [2.05, 4.69) is 0 Å². The molecule has 0 radical (unpaired) electrons. The maximum atomic E-state index is 14.0. The van der Waals surface area contributed by atoms with Gasteiger partial charge in [0.1, 0.15) is 11.7 Å². The number of hydrogen-bond acceptors (Lipinski definition) is 4. The number of nitrogens with two attached hydrogens (primary N) is 1. The van der Waals surface area contributed by atoms with Crippen LogP contribution in [0.4, 0.5) is 14.5 Å². The molecule has 2 rings (SSSR count). The highest BCUT2D eigenvalue weighted by Gasteiger charge is 2.38. The van der Waals surface area contributed by atoms with Crippen molar-refractivity contribution in [1.82, 2.24) is 0 Å². The summed E-state index contributed by atoms with van der Waals surface area (Å²) in [4.78, 5) is 12.7. The van der Waals surface area contributed by atoms with Crippen LogP contribution in [0.15, 0.2) is 12.1 Å². The Hall–Kier alpha value is -2.20. The standard InChI is InChI=1S/C13H13F2N3O2/c1-20-8-4-11(13(17)19)18(6-8)12-9(14)2-7(5-16)3-10(12)15/h2-3,8,11H,4,6H2,1H3,(H2,17,19)/t8-,11-/m0/s1. The molecule has 0 aliphatic carbocycles. The highest BCUT2D eigenvalue weighted by molar-refractivity contribution is 5.84. The van der Waals surface area contributed by atoms with E-state index in [1.165, 1.54) is 12.0 Å². The highest BCUT2D eigenvalue weighted by Crippen LogP contribution is 2.32. The Kier molecular flexibility index (Phi) is 3.86. The molecular formula is C13H13F2N3O2. The number of carbonyl (C=O) groups excluding carboxylic acids is 1. The molecule has 1 aliphatic rings. The van der Waals surface area contributed by atoms with Gasteiger partial charge in [-0.3, -0.25) is 4.79 Å². The van der Waals surface area contributed by atoms with Crippen molar-refractivity contribution >= 4 is 11.6 Å². The lowest BCUT2D eigenvalue weighted by Gasteiger charge is -2.25. The first kappa shape index (κ1) is 14.2. The molecule has 2 N–H and O–H groups in total. The second kappa shape index (κ2) is 5.43. The van der Waals surface area contributed by atoms with Crippen molar-refractivity contribution in [3.05, 3.63) is 29.3 Å². The van der Waals surface area contributed by atoms with Gasteiger partial charge in [0.05, 0.1) is 17.7 Å². The summed E-state index contributed by atoms with van der Waals surface area (Å²) in [7, 11) is 1.46. The Morgan fingerprint density at radius 2 is 2.10 bits per heavy atom. The molecular weight excluding hydrogens is 268 g/mol. The van der Waals surface area contributed by atoms with Gasteiger partial charge in [0.25, 0.3) is 0 Å². The van der Waals surface area contributed by atoms with Gasteiger partial charge in [0.15, 0.2) is 11.6 Å². The first-order valence-electron chi connectivity index (χ1n) is 5.95. The van der Waals surface area contributed by atoms with E-state index in [0.29, 0.717) is 0 Å². The second-order valence-corrected chi connectivity index (χ2v) is 4.56. The lowest BCUT2D eigenvalue weighted by atomic mass is 10.1. The molecule has 1 amide bonds. The van der Waals surface area contributed by atoms with Crippen molar-refractivity contribution in [1.29, 1.82) is 5.26 Å². The molecule has 106 valence electrons. The number of halogens is 2. The van der Waals surface area contributed by atoms with Crippen LogP contribution in [0.1, 0.15) is 12.0 Å². The van der Waals surface area contributed by atoms with Crippen molar-refractivity contribution in [3.8, 4) is 6.07 Å². The zero-order chi connectivity index (χ0) is 14.9. The topological polar surface area (TPSA) is 79.3 Å².